The second kappa shape index (κ2) is 8.32. The number of hydrogen-bond acceptors (Lipinski definition) is 4. The highest BCUT2D eigenvalue weighted by Crippen LogP contribution is 2.32. The molecule has 0 heterocycles. The van der Waals surface area contributed by atoms with Crippen molar-refractivity contribution in [2.24, 2.45) is 5.73 Å². The first-order valence-electron chi connectivity index (χ1n) is 6.01. The largest absolute Gasteiger partial charge is 0.443 e. The van der Waals surface area contributed by atoms with E-state index in [0.29, 0.717) is 22.0 Å². The monoisotopic (exact) mass is 321 g/mol. The van der Waals surface area contributed by atoms with Crippen LogP contribution in [0.4, 0.5) is 4.79 Å². The molecule has 1 aromatic rings. The average molecular weight is 322 g/mol. The highest BCUT2D eigenvalue weighted by atomic mass is 35.5. The van der Waals surface area contributed by atoms with Gasteiger partial charge >= 0.3 is 6.09 Å². The maximum absolute atomic E-state index is 11.0. The van der Waals surface area contributed by atoms with Gasteiger partial charge in [-0.15, -0.1) is 0 Å². The number of carbonyl (C=O) groups excluding carboxylic acids is 1. The van der Waals surface area contributed by atoms with E-state index in [2.05, 4.69) is 0 Å². The molecule has 112 valence electrons. The molecule has 1 rings (SSSR count). The van der Waals surface area contributed by atoms with Gasteiger partial charge in [0.05, 0.1) is 0 Å². The van der Waals surface area contributed by atoms with Gasteiger partial charge in [-0.3, -0.25) is 0 Å². The molecule has 0 saturated carbocycles. The Bertz CT molecular complexity index is 456. The van der Waals surface area contributed by atoms with E-state index < -0.39 is 18.3 Å². The van der Waals surface area contributed by atoms with Gasteiger partial charge in [0.1, 0.15) is 19.0 Å². The highest BCUT2D eigenvalue weighted by Gasteiger charge is 2.27. The van der Waals surface area contributed by atoms with E-state index in [4.69, 9.17) is 43.1 Å². The number of halogens is 2. The Morgan fingerprint density at radius 3 is 2.60 bits per heavy atom. The van der Waals surface area contributed by atoms with Crippen LogP contribution in [0.15, 0.2) is 18.2 Å². The second-order valence-corrected chi connectivity index (χ2v) is 4.89. The van der Waals surface area contributed by atoms with E-state index in [0.717, 1.165) is 0 Å². The fourth-order valence-corrected chi connectivity index (χ4v) is 2.30. The van der Waals surface area contributed by atoms with Crippen molar-refractivity contribution in [2.75, 3.05) is 13.9 Å². The number of carbonyl (C=O) groups is 1. The molecule has 2 atom stereocenters. The minimum absolute atomic E-state index is 0.0300. The first-order chi connectivity index (χ1) is 9.49. The van der Waals surface area contributed by atoms with Gasteiger partial charge in [0, 0.05) is 22.7 Å². The van der Waals surface area contributed by atoms with Gasteiger partial charge in [-0.1, -0.05) is 36.2 Å². The Morgan fingerprint density at radius 1 is 1.40 bits per heavy atom. The summed E-state index contributed by atoms with van der Waals surface area (Å²) in [4.78, 5) is 11.0. The minimum atomic E-state index is -0.868. The predicted molar refractivity (Wildman–Crippen MR) is 76.9 cm³/mol. The van der Waals surface area contributed by atoms with Gasteiger partial charge in [0.2, 0.25) is 0 Å². The van der Waals surface area contributed by atoms with Crippen LogP contribution in [-0.4, -0.2) is 26.1 Å². The molecule has 1 amide bonds. The molecule has 0 fully saturated rings. The molecule has 0 bridgehead atoms. The lowest BCUT2D eigenvalue weighted by atomic mass is 10.0. The van der Waals surface area contributed by atoms with Crippen LogP contribution >= 0.6 is 23.2 Å². The molecule has 0 aliphatic rings. The third-order valence-electron chi connectivity index (χ3n) is 2.64. The second-order valence-electron chi connectivity index (χ2n) is 4.04. The SMILES string of the molecule is CC[C@@H](OC(N)=O)[C@H](OCOC)c1ccc(Cl)cc1Cl. The van der Waals surface area contributed by atoms with Crippen LogP contribution < -0.4 is 5.73 Å². The van der Waals surface area contributed by atoms with Gasteiger partial charge in [0.25, 0.3) is 0 Å². The molecule has 0 radical (unpaired) electrons. The lowest BCUT2D eigenvalue weighted by Gasteiger charge is -2.26. The first-order valence-corrected chi connectivity index (χ1v) is 6.76. The van der Waals surface area contributed by atoms with Crippen LogP contribution in [-0.2, 0) is 14.2 Å². The predicted octanol–water partition coefficient (Wildman–Crippen LogP) is 3.53. The van der Waals surface area contributed by atoms with Crippen molar-refractivity contribution >= 4 is 29.3 Å². The summed E-state index contributed by atoms with van der Waals surface area (Å²) in [5, 5.41) is 0.929. The number of nitrogens with two attached hydrogens (primary N) is 1. The van der Waals surface area contributed by atoms with E-state index in [1.165, 1.54) is 7.11 Å². The molecule has 5 nitrogen and oxygen atoms in total. The van der Waals surface area contributed by atoms with E-state index in [1.54, 1.807) is 18.2 Å². The highest BCUT2D eigenvalue weighted by molar-refractivity contribution is 6.35. The number of hydrogen-bond donors (Lipinski definition) is 1. The number of rotatable bonds is 7. The molecule has 7 heteroatoms. The van der Waals surface area contributed by atoms with Crippen molar-refractivity contribution in [3.8, 4) is 0 Å². The molecular formula is C13H17Cl2NO4. The van der Waals surface area contributed by atoms with Crippen LogP contribution in [0, 0.1) is 0 Å². The summed E-state index contributed by atoms with van der Waals surface area (Å²) in [5.41, 5.74) is 5.73. The number of methoxy groups -OCH3 is 1. The zero-order valence-electron chi connectivity index (χ0n) is 11.3. The van der Waals surface area contributed by atoms with Crippen LogP contribution in [0.1, 0.15) is 25.0 Å². The summed E-state index contributed by atoms with van der Waals surface area (Å²) in [6.07, 6.45) is -1.51. The Kier molecular flexibility index (Phi) is 7.09. The summed E-state index contributed by atoms with van der Waals surface area (Å²) in [6.45, 7) is 1.88. The molecule has 0 spiro atoms. The normalized spacial score (nSPS) is 13.8. The van der Waals surface area contributed by atoms with Crippen LogP contribution in [0.2, 0.25) is 10.0 Å². The Balaban J connectivity index is 3.05. The van der Waals surface area contributed by atoms with Crippen LogP contribution in [0.25, 0.3) is 0 Å². The molecule has 0 aromatic heterocycles. The standard InChI is InChI=1S/C13H17Cl2NO4/c1-3-11(20-13(16)17)12(19-7-18-2)9-5-4-8(14)6-10(9)15/h4-6,11-12H,3,7H2,1-2H3,(H2,16,17)/t11-,12-/m1/s1. The zero-order chi connectivity index (χ0) is 15.1. The van der Waals surface area contributed by atoms with Crippen LogP contribution in [0.5, 0.6) is 0 Å². The van der Waals surface area contributed by atoms with Crippen molar-refractivity contribution in [3.05, 3.63) is 33.8 Å². The number of primary amides is 1. The zero-order valence-corrected chi connectivity index (χ0v) is 12.8. The van der Waals surface area contributed by atoms with Crippen molar-refractivity contribution in [3.63, 3.8) is 0 Å². The summed E-state index contributed by atoms with van der Waals surface area (Å²) < 4.78 is 15.5. The van der Waals surface area contributed by atoms with E-state index in [9.17, 15) is 4.79 Å². The van der Waals surface area contributed by atoms with Gasteiger partial charge < -0.3 is 19.9 Å². The summed E-state index contributed by atoms with van der Waals surface area (Å²) in [7, 11) is 1.50. The quantitative estimate of drug-likeness (QED) is 0.780. The smallest absolute Gasteiger partial charge is 0.404 e. The maximum atomic E-state index is 11.0. The Labute approximate surface area is 127 Å². The molecule has 0 aliphatic heterocycles. The van der Waals surface area contributed by atoms with Gasteiger partial charge in [-0.2, -0.15) is 0 Å². The van der Waals surface area contributed by atoms with Crippen molar-refractivity contribution < 1.29 is 19.0 Å². The fourth-order valence-electron chi connectivity index (χ4n) is 1.78. The summed E-state index contributed by atoms with van der Waals surface area (Å²) in [6, 6.07) is 5.00. The molecule has 1 aromatic carbocycles. The first kappa shape index (κ1) is 17.0. The fraction of sp³-hybridized carbons (Fsp3) is 0.462. The van der Waals surface area contributed by atoms with E-state index in [1.807, 2.05) is 6.92 Å². The average Bonchev–Trinajstić information content (AvgIpc) is 2.39. The maximum Gasteiger partial charge on any atom is 0.404 e. The van der Waals surface area contributed by atoms with Gasteiger partial charge in [0.15, 0.2) is 0 Å². The van der Waals surface area contributed by atoms with Gasteiger partial charge in [-0.25, -0.2) is 4.79 Å². The Morgan fingerprint density at radius 2 is 2.10 bits per heavy atom. The lowest BCUT2D eigenvalue weighted by Crippen LogP contribution is -2.30. The van der Waals surface area contributed by atoms with Crippen molar-refractivity contribution in [1.29, 1.82) is 0 Å². The van der Waals surface area contributed by atoms with Crippen molar-refractivity contribution in [2.45, 2.75) is 25.6 Å². The van der Waals surface area contributed by atoms with Crippen molar-refractivity contribution in [1.82, 2.24) is 0 Å². The molecule has 0 aliphatic carbocycles. The molecule has 20 heavy (non-hydrogen) atoms. The third-order valence-corrected chi connectivity index (χ3v) is 3.20. The molecule has 0 unspecified atom stereocenters. The van der Waals surface area contributed by atoms with Gasteiger partial charge in [-0.05, 0) is 18.6 Å². The lowest BCUT2D eigenvalue weighted by molar-refractivity contribution is -0.115. The molecular weight excluding hydrogens is 305 g/mol. The van der Waals surface area contributed by atoms with E-state index >= 15 is 0 Å². The summed E-state index contributed by atoms with van der Waals surface area (Å²) >= 11 is 12.0. The number of ether oxygens (including phenoxy) is 3. The molecule has 0 saturated heterocycles. The minimum Gasteiger partial charge on any atom is -0.443 e. The third kappa shape index (κ3) is 4.83. The van der Waals surface area contributed by atoms with E-state index in [-0.39, 0.29) is 6.79 Å². The topological polar surface area (TPSA) is 70.8 Å². The Hall–Kier alpha value is -1.01. The summed E-state index contributed by atoms with van der Waals surface area (Å²) in [5.74, 6) is 0. The van der Waals surface area contributed by atoms with Crippen LogP contribution in [0.3, 0.4) is 0 Å². The number of benzene rings is 1. The number of amides is 1. The molecule has 2 N–H and O–H groups in total.